The number of rotatable bonds is 2. The van der Waals surface area contributed by atoms with Crippen molar-refractivity contribution in [2.75, 3.05) is 13.2 Å². The van der Waals surface area contributed by atoms with Gasteiger partial charge in [0.15, 0.2) is 9.84 Å². The topological polar surface area (TPSA) is 74.6 Å². The molecular weight excluding hydrogens is 168 g/mol. The van der Waals surface area contributed by atoms with Crippen LogP contribution >= 0.6 is 0 Å². The molecule has 2 unspecified atom stereocenters. The Morgan fingerprint density at radius 1 is 1.09 bits per heavy atom. The summed E-state index contributed by atoms with van der Waals surface area (Å²) in [5, 5.41) is 16.0. The van der Waals surface area contributed by atoms with Crippen LogP contribution in [0.15, 0.2) is 0 Å². The first kappa shape index (κ1) is 8.96. The predicted molar refractivity (Wildman–Crippen MR) is 39.9 cm³/mol. The molecule has 1 fully saturated rings. The zero-order chi connectivity index (χ0) is 8.48. The monoisotopic (exact) mass is 180 g/mol. The molecule has 0 saturated carbocycles. The molecule has 1 rings (SSSR count). The van der Waals surface area contributed by atoms with Crippen molar-refractivity contribution in [3.63, 3.8) is 0 Å². The summed E-state index contributed by atoms with van der Waals surface area (Å²) >= 11 is 0. The molecule has 1 aliphatic rings. The fraction of sp³-hybridized carbons (Fsp3) is 1.00. The third-order valence-corrected chi connectivity index (χ3v) is 4.78. The van der Waals surface area contributed by atoms with E-state index in [4.69, 9.17) is 10.2 Å². The van der Waals surface area contributed by atoms with Gasteiger partial charge < -0.3 is 10.2 Å². The molecule has 0 aromatic rings. The maximum atomic E-state index is 11.2. The van der Waals surface area contributed by atoms with Crippen molar-refractivity contribution in [1.29, 1.82) is 0 Å². The molecule has 0 bridgehead atoms. The Kier molecular flexibility index (Phi) is 2.51. The summed E-state index contributed by atoms with van der Waals surface area (Å²) in [4.78, 5) is 0. The summed E-state index contributed by atoms with van der Waals surface area (Å²) in [6, 6.07) is 0. The van der Waals surface area contributed by atoms with Crippen molar-refractivity contribution >= 4 is 9.84 Å². The number of sulfone groups is 1. The molecule has 66 valence electrons. The molecule has 1 aliphatic heterocycles. The molecule has 0 aliphatic carbocycles. The summed E-state index contributed by atoms with van der Waals surface area (Å²) in [6.07, 6.45) is 0.953. The number of hydrogen-bond acceptors (Lipinski definition) is 4. The Balaban J connectivity index is 2.81. The van der Waals surface area contributed by atoms with Crippen LogP contribution in [0.3, 0.4) is 0 Å². The standard InChI is InChI=1S/C6H12O4S/c7-3-5-1-2-6(4-8)11(5,9)10/h5-8H,1-4H2. The van der Waals surface area contributed by atoms with Gasteiger partial charge in [0.25, 0.3) is 0 Å². The smallest absolute Gasteiger partial charge is 0.160 e. The second kappa shape index (κ2) is 3.08. The highest BCUT2D eigenvalue weighted by atomic mass is 32.2. The Morgan fingerprint density at radius 3 is 1.64 bits per heavy atom. The van der Waals surface area contributed by atoms with E-state index in [0.717, 1.165) is 0 Å². The van der Waals surface area contributed by atoms with Crippen LogP contribution in [-0.4, -0.2) is 42.3 Å². The summed E-state index contributed by atoms with van der Waals surface area (Å²) < 4.78 is 22.5. The van der Waals surface area contributed by atoms with Crippen LogP contribution < -0.4 is 0 Å². The van der Waals surface area contributed by atoms with Crippen LogP contribution in [0.5, 0.6) is 0 Å². The van der Waals surface area contributed by atoms with Gasteiger partial charge in [-0.1, -0.05) is 0 Å². The van der Waals surface area contributed by atoms with Gasteiger partial charge >= 0.3 is 0 Å². The average Bonchev–Trinajstić information content (AvgIpc) is 2.24. The van der Waals surface area contributed by atoms with Crippen LogP contribution in [0.1, 0.15) is 12.8 Å². The first-order chi connectivity index (χ1) is 5.12. The quantitative estimate of drug-likeness (QED) is 0.566. The van der Waals surface area contributed by atoms with Gasteiger partial charge in [-0.15, -0.1) is 0 Å². The SMILES string of the molecule is O=S1(=O)C(CO)CCC1CO. The maximum absolute atomic E-state index is 11.2. The van der Waals surface area contributed by atoms with Crippen LogP contribution in [0.25, 0.3) is 0 Å². The zero-order valence-corrected chi connectivity index (χ0v) is 6.92. The van der Waals surface area contributed by atoms with E-state index in [1.807, 2.05) is 0 Å². The summed E-state index contributed by atoms with van der Waals surface area (Å²) in [7, 11) is -3.23. The Labute approximate surface area is 65.8 Å². The maximum Gasteiger partial charge on any atom is 0.160 e. The largest absolute Gasteiger partial charge is 0.395 e. The minimum atomic E-state index is -3.23. The Bertz CT molecular complexity index is 203. The van der Waals surface area contributed by atoms with Gasteiger partial charge in [0.2, 0.25) is 0 Å². The Morgan fingerprint density at radius 2 is 1.45 bits per heavy atom. The van der Waals surface area contributed by atoms with Crippen LogP contribution in [0, 0.1) is 0 Å². The predicted octanol–water partition coefficient (Wildman–Crippen LogP) is -1.08. The molecule has 11 heavy (non-hydrogen) atoms. The lowest BCUT2D eigenvalue weighted by atomic mass is 10.2. The summed E-state index contributed by atoms with van der Waals surface area (Å²) in [6.45, 7) is -0.641. The summed E-state index contributed by atoms with van der Waals surface area (Å²) in [5.41, 5.74) is 0. The van der Waals surface area contributed by atoms with Gasteiger partial charge in [0, 0.05) is 0 Å². The van der Waals surface area contributed by atoms with Crippen molar-refractivity contribution in [3.8, 4) is 0 Å². The summed E-state index contributed by atoms with van der Waals surface area (Å²) in [5.74, 6) is 0. The van der Waals surface area contributed by atoms with Crippen molar-refractivity contribution in [2.24, 2.45) is 0 Å². The molecular formula is C6H12O4S. The molecule has 0 aromatic heterocycles. The highest BCUT2D eigenvalue weighted by Gasteiger charge is 2.39. The first-order valence-corrected chi connectivity index (χ1v) is 5.18. The fourth-order valence-electron chi connectivity index (χ4n) is 1.36. The number of hydrogen-bond donors (Lipinski definition) is 2. The van der Waals surface area contributed by atoms with Crippen LogP contribution in [0.4, 0.5) is 0 Å². The van der Waals surface area contributed by atoms with Gasteiger partial charge in [-0.25, -0.2) is 8.42 Å². The van der Waals surface area contributed by atoms with E-state index in [9.17, 15) is 8.42 Å². The van der Waals surface area contributed by atoms with Crippen molar-refractivity contribution in [3.05, 3.63) is 0 Å². The van der Waals surface area contributed by atoms with Gasteiger partial charge in [-0.05, 0) is 12.8 Å². The van der Waals surface area contributed by atoms with Crippen molar-refractivity contribution < 1.29 is 18.6 Å². The normalized spacial score (nSPS) is 35.8. The molecule has 5 heteroatoms. The zero-order valence-electron chi connectivity index (χ0n) is 6.10. The van der Waals surface area contributed by atoms with Gasteiger partial charge in [-0.3, -0.25) is 0 Å². The second-order valence-corrected chi connectivity index (χ2v) is 5.29. The molecule has 2 N–H and O–H groups in total. The van der Waals surface area contributed by atoms with E-state index in [-0.39, 0.29) is 13.2 Å². The molecule has 0 amide bonds. The number of aliphatic hydroxyl groups excluding tert-OH is 2. The molecule has 1 saturated heterocycles. The third kappa shape index (κ3) is 1.40. The molecule has 0 spiro atoms. The van der Waals surface area contributed by atoms with Gasteiger partial charge in [0.05, 0.1) is 23.7 Å². The highest BCUT2D eigenvalue weighted by Crippen LogP contribution is 2.26. The van der Waals surface area contributed by atoms with Gasteiger partial charge in [0.1, 0.15) is 0 Å². The molecule has 1 heterocycles. The van der Waals surface area contributed by atoms with E-state index in [1.165, 1.54) is 0 Å². The van der Waals surface area contributed by atoms with E-state index >= 15 is 0 Å². The van der Waals surface area contributed by atoms with Crippen LogP contribution in [-0.2, 0) is 9.84 Å². The minimum absolute atomic E-state index is 0.321. The minimum Gasteiger partial charge on any atom is -0.395 e. The lowest BCUT2D eigenvalue weighted by molar-refractivity contribution is 0.284. The van der Waals surface area contributed by atoms with Crippen LogP contribution in [0.2, 0.25) is 0 Å². The molecule has 4 nitrogen and oxygen atoms in total. The van der Waals surface area contributed by atoms with E-state index < -0.39 is 20.3 Å². The lowest BCUT2D eigenvalue weighted by Crippen LogP contribution is -2.27. The lowest BCUT2D eigenvalue weighted by Gasteiger charge is -2.07. The highest BCUT2D eigenvalue weighted by molar-refractivity contribution is 7.93. The number of aliphatic hydroxyl groups is 2. The fourth-order valence-corrected chi connectivity index (χ4v) is 3.25. The first-order valence-electron chi connectivity index (χ1n) is 3.57. The van der Waals surface area contributed by atoms with Crippen molar-refractivity contribution in [1.82, 2.24) is 0 Å². The molecule has 0 aromatic carbocycles. The molecule has 0 radical (unpaired) electrons. The van der Waals surface area contributed by atoms with Crippen molar-refractivity contribution in [2.45, 2.75) is 23.3 Å². The average molecular weight is 180 g/mol. The molecule has 2 atom stereocenters. The third-order valence-electron chi connectivity index (χ3n) is 2.15. The Hall–Kier alpha value is -0.130. The van der Waals surface area contributed by atoms with E-state index in [2.05, 4.69) is 0 Å². The second-order valence-electron chi connectivity index (χ2n) is 2.78. The van der Waals surface area contributed by atoms with E-state index in [1.54, 1.807) is 0 Å². The van der Waals surface area contributed by atoms with Gasteiger partial charge in [-0.2, -0.15) is 0 Å². The van der Waals surface area contributed by atoms with E-state index in [0.29, 0.717) is 12.8 Å².